The van der Waals surface area contributed by atoms with E-state index in [-0.39, 0.29) is 23.7 Å². The van der Waals surface area contributed by atoms with E-state index in [0.29, 0.717) is 24.3 Å². The third kappa shape index (κ3) is 5.45. The molecule has 0 radical (unpaired) electrons. The van der Waals surface area contributed by atoms with E-state index < -0.39 is 71.7 Å². The van der Waals surface area contributed by atoms with Crippen molar-refractivity contribution in [2.24, 2.45) is 5.92 Å². The molecular weight excluding hydrogens is 628 g/mol. The molecule has 0 unspecified atom stereocenters. The number of methoxy groups -OCH3 is 1. The zero-order chi connectivity index (χ0) is 34.4. The predicted molar refractivity (Wildman–Crippen MR) is 163 cm³/mol. The molecule has 3 aliphatic carbocycles. The molecule has 6 rings (SSSR count). The van der Waals surface area contributed by atoms with Crippen LogP contribution in [0.25, 0.3) is 0 Å². The maximum atomic E-state index is 13.5. The van der Waals surface area contributed by atoms with Gasteiger partial charge in [-0.2, -0.15) is 0 Å². The summed E-state index contributed by atoms with van der Waals surface area (Å²) in [6.07, 6.45) is -1.96. The molecule has 0 saturated heterocycles. The first-order valence-electron chi connectivity index (χ1n) is 15.8. The molecule has 1 heterocycles. The van der Waals surface area contributed by atoms with Gasteiger partial charge in [0.1, 0.15) is 5.76 Å². The number of benzene rings is 2. The van der Waals surface area contributed by atoms with Crippen molar-refractivity contribution in [2.75, 3.05) is 7.11 Å². The summed E-state index contributed by atoms with van der Waals surface area (Å²) in [5.41, 5.74) is 0.0476. The minimum absolute atomic E-state index is 0.0245. The van der Waals surface area contributed by atoms with Crippen LogP contribution in [0.2, 0.25) is 0 Å². The number of hydrogen-bond donors (Lipinski definition) is 2. The van der Waals surface area contributed by atoms with E-state index >= 15 is 0 Å². The van der Waals surface area contributed by atoms with Gasteiger partial charge in [-0.3, -0.25) is 9.59 Å². The zero-order valence-electron chi connectivity index (χ0n) is 26.6. The average Bonchev–Trinajstić information content (AvgIpc) is 3.40. The van der Waals surface area contributed by atoms with Gasteiger partial charge in [0, 0.05) is 18.1 Å². The van der Waals surface area contributed by atoms with Crippen LogP contribution >= 0.6 is 0 Å². The van der Waals surface area contributed by atoms with E-state index in [1.54, 1.807) is 24.3 Å². The van der Waals surface area contributed by atoms with Crippen LogP contribution in [0.5, 0.6) is 11.5 Å². The van der Waals surface area contributed by atoms with Gasteiger partial charge in [-0.1, -0.05) is 42.8 Å². The summed E-state index contributed by atoms with van der Waals surface area (Å²) < 4.78 is 33.4. The molecule has 1 fully saturated rings. The minimum Gasteiger partial charge on any atom is -0.493 e. The third-order valence-corrected chi connectivity index (χ3v) is 9.81. The number of hydrogen-bond acceptors (Lipinski definition) is 12. The lowest BCUT2D eigenvalue weighted by molar-refractivity contribution is -0.184. The van der Waals surface area contributed by atoms with Gasteiger partial charge in [-0.15, -0.1) is 0 Å². The van der Waals surface area contributed by atoms with Crippen molar-refractivity contribution in [2.45, 2.75) is 87.8 Å². The summed E-state index contributed by atoms with van der Waals surface area (Å²) in [5.74, 6) is -4.60. The van der Waals surface area contributed by atoms with Crippen LogP contribution in [0.1, 0.15) is 68.7 Å². The van der Waals surface area contributed by atoms with E-state index in [4.69, 9.17) is 28.4 Å². The summed E-state index contributed by atoms with van der Waals surface area (Å²) >= 11 is 0. The van der Waals surface area contributed by atoms with Gasteiger partial charge in [-0.25, -0.2) is 14.4 Å². The van der Waals surface area contributed by atoms with Gasteiger partial charge in [0.25, 0.3) is 0 Å². The molecular formula is C35H36O13. The molecule has 2 N–H and O–H groups in total. The lowest BCUT2D eigenvalue weighted by Crippen LogP contribution is -2.67. The van der Waals surface area contributed by atoms with Gasteiger partial charge in [0.05, 0.1) is 24.5 Å². The average molecular weight is 665 g/mol. The Morgan fingerprint density at radius 3 is 2.46 bits per heavy atom. The molecule has 4 aliphatic rings. The zero-order valence-corrected chi connectivity index (χ0v) is 26.6. The van der Waals surface area contributed by atoms with Crippen LogP contribution in [-0.2, 0) is 54.8 Å². The van der Waals surface area contributed by atoms with Gasteiger partial charge in [0.2, 0.25) is 12.2 Å². The number of carbonyl (C=O) groups is 5. The van der Waals surface area contributed by atoms with E-state index in [0.717, 1.165) is 37.8 Å². The van der Waals surface area contributed by atoms with Crippen molar-refractivity contribution in [3.8, 4) is 11.5 Å². The largest absolute Gasteiger partial charge is 0.493 e. The van der Waals surface area contributed by atoms with E-state index in [9.17, 15) is 34.2 Å². The first kappa shape index (κ1) is 33.0. The fraction of sp³-hybridized carbons (Fsp3) is 0.457. The Balaban J connectivity index is 1.23. The van der Waals surface area contributed by atoms with E-state index in [1.807, 2.05) is 12.1 Å². The maximum absolute atomic E-state index is 13.5. The van der Waals surface area contributed by atoms with Gasteiger partial charge < -0.3 is 38.6 Å². The van der Waals surface area contributed by atoms with Crippen molar-refractivity contribution in [3.05, 3.63) is 71.0 Å². The molecule has 48 heavy (non-hydrogen) atoms. The lowest BCUT2D eigenvalue weighted by Gasteiger charge is -2.59. The van der Waals surface area contributed by atoms with Crippen LogP contribution in [0.15, 0.2) is 54.3 Å². The van der Waals surface area contributed by atoms with Crippen molar-refractivity contribution < 1.29 is 62.6 Å². The van der Waals surface area contributed by atoms with Crippen molar-refractivity contribution in [1.82, 2.24) is 0 Å². The molecule has 2 aromatic rings. The van der Waals surface area contributed by atoms with E-state index in [2.05, 4.69) is 0 Å². The first-order chi connectivity index (χ1) is 22.9. The number of aliphatic carboxylic acids is 1. The number of ether oxygens (including phenoxy) is 6. The van der Waals surface area contributed by atoms with Crippen molar-refractivity contribution in [3.63, 3.8) is 0 Å². The Hall–Kier alpha value is -4.91. The fourth-order valence-corrected chi connectivity index (χ4v) is 7.74. The molecule has 2 aromatic carbocycles. The molecule has 0 amide bonds. The lowest BCUT2D eigenvalue weighted by atomic mass is 9.47. The van der Waals surface area contributed by atoms with Crippen LogP contribution in [0.4, 0.5) is 0 Å². The van der Waals surface area contributed by atoms with Gasteiger partial charge >= 0.3 is 29.8 Å². The van der Waals surface area contributed by atoms with E-state index in [1.165, 1.54) is 19.2 Å². The van der Waals surface area contributed by atoms with Crippen LogP contribution in [-0.4, -0.2) is 71.1 Å². The van der Waals surface area contributed by atoms with Crippen LogP contribution in [0.3, 0.4) is 0 Å². The van der Waals surface area contributed by atoms with Crippen molar-refractivity contribution >= 4 is 29.8 Å². The molecule has 2 bridgehead atoms. The Morgan fingerprint density at radius 1 is 1.02 bits per heavy atom. The van der Waals surface area contributed by atoms with Crippen LogP contribution < -0.4 is 9.47 Å². The normalized spacial score (nSPS) is 26.3. The quantitative estimate of drug-likeness (QED) is 0.264. The first-order valence-corrected chi connectivity index (χ1v) is 15.8. The molecule has 13 heteroatoms. The number of aliphatic hydroxyl groups is 1. The third-order valence-electron chi connectivity index (χ3n) is 9.81. The Labute approximate surface area is 275 Å². The molecule has 1 aliphatic heterocycles. The number of carboxylic acid groups (broad SMARTS) is 1. The Kier molecular flexibility index (Phi) is 8.67. The molecule has 0 aromatic heterocycles. The smallest absolute Gasteiger partial charge is 0.353 e. The highest BCUT2D eigenvalue weighted by atomic mass is 16.6. The number of rotatable bonds is 11. The van der Waals surface area contributed by atoms with Crippen molar-refractivity contribution in [1.29, 1.82) is 0 Å². The van der Waals surface area contributed by atoms with Gasteiger partial charge in [0.15, 0.2) is 23.7 Å². The molecule has 13 nitrogen and oxygen atoms in total. The summed E-state index contributed by atoms with van der Waals surface area (Å²) in [5, 5.41) is 21.4. The Morgan fingerprint density at radius 2 is 1.77 bits per heavy atom. The summed E-state index contributed by atoms with van der Waals surface area (Å²) in [6.45, 7) is 2.16. The van der Waals surface area contributed by atoms with Gasteiger partial charge in [-0.05, 0) is 56.2 Å². The second-order valence-electron chi connectivity index (χ2n) is 12.5. The van der Waals surface area contributed by atoms with Crippen LogP contribution in [0, 0.1) is 5.92 Å². The molecule has 1 saturated carbocycles. The summed E-state index contributed by atoms with van der Waals surface area (Å²) in [6, 6.07) is 11.5. The second-order valence-corrected chi connectivity index (χ2v) is 12.5. The summed E-state index contributed by atoms with van der Waals surface area (Å²) in [7, 11) is 1.53. The monoisotopic (exact) mass is 664 g/mol. The predicted octanol–water partition coefficient (Wildman–Crippen LogP) is 3.23. The highest BCUT2D eigenvalue weighted by Crippen LogP contribution is 2.67. The second kappa shape index (κ2) is 12.6. The molecule has 254 valence electrons. The molecule has 7 atom stereocenters. The number of carboxylic acids is 1. The topological polar surface area (TPSA) is 181 Å². The Bertz CT molecular complexity index is 1680. The summed E-state index contributed by atoms with van der Waals surface area (Å²) in [4.78, 5) is 63.0. The highest BCUT2D eigenvalue weighted by molar-refractivity contribution is 5.88. The minimum atomic E-state index is -1.83. The fourth-order valence-electron chi connectivity index (χ4n) is 7.74. The maximum Gasteiger partial charge on any atom is 0.353 e. The highest BCUT2D eigenvalue weighted by Gasteiger charge is 2.71. The SMILES string of the molecule is COc1ccc2c3c1O[C@@H]1C(OC(=O)C[C@H](OC(C)=O)C(=O)O[C@H](C(=O)O[C@@H](C)C(=O)O)c4ccccc4)=CC[C@]4(O)[C@@H](CCC[C@@]314)C2. The standard InChI is InChI=1S/C35H36O13/c1-18(31(38)39)44-33(41)28(20-8-5-4-6-9-20)48-32(40)25(45-19(2)36)17-26(37)46-24-13-15-35(42)22-10-7-14-34(35)27-21(16-22)11-12-23(43-3)29(27)47-30(24)34/h4-6,8-9,11-13,18,22,25,28,30,42H,7,10,14-17H2,1-3H3,(H,38,39)/t18-,22-,25-,28-,30+,34+,35-/m0/s1. The number of carbonyl (C=O) groups excluding carboxylic acids is 4. The number of esters is 4. The molecule has 1 spiro atoms.